The smallest absolute Gasteiger partial charge is 0.832 e. The number of hydrogen-bond donors (Lipinski definition) is 0. The maximum Gasteiger partial charge on any atom is 1.00 e. The zero-order chi connectivity index (χ0) is 11.9. The van der Waals surface area contributed by atoms with Crippen LogP contribution >= 0.6 is 6.49 Å². The number of aliphatic carboxylic acids is 1. The fourth-order valence-corrected chi connectivity index (χ4v) is 3.81. The summed E-state index contributed by atoms with van der Waals surface area (Å²) in [5, 5.41) is 11.0. The maximum absolute atomic E-state index is 11.4. The second-order valence-corrected chi connectivity index (χ2v) is 7.08. The van der Waals surface area contributed by atoms with Crippen LogP contribution in [0.1, 0.15) is 17.0 Å². The van der Waals surface area contributed by atoms with Gasteiger partial charge in [0.2, 0.25) is 0 Å². The van der Waals surface area contributed by atoms with Crippen molar-refractivity contribution in [3.8, 4) is 0 Å². The first-order valence-corrected chi connectivity index (χ1v) is 7.42. The molecule has 0 heterocycles. The number of rotatable bonds is 2. The van der Waals surface area contributed by atoms with Gasteiger partial charge in [0, 0.05) is 11.9 Å². The Morgan fingerprint density at radius 2 is 1.74 bits per heavy atom. The van der Waals surface area contributed by atoms with Crippen molar-refractivity contribution in [1.82, 2.24) is 0 Å². The van der Waals surface area contributed by atoms with Gasteiger partial charge < -0.3 is 19.7 Å². The van der Waals surface area contributed by atoms with Crippen molar-refractivity contribution in [3.63, 3.8) is 0 Å². The summed E-state index contributed by atoms with van der Waals surface area (Å²) in [6.07, 6.45) is 0.166. The van der Waals surface area contributed by atoms with Crippen LogP contribution in [-0.2, 0) is 23.0 Å². The van der Waals surface area contributed by atoms with Gasteiger partial charge in [-0.3, -0.25) is 0 Å². The molecule has 0 aromatic heterocycles. The van der Waals surface area contributed by atoms with Crippen LogP contribution in [0.15, 0.2) is 24.3 Å². The Morgan fingerprint density at radius 1 is 1.21 bits per heavy atom. The number of carboxylic acid groups (broad SMARTS) is 1. The van der Waals surface area contributed by atoms with E-state index in [-0.39, 0.29) is 95.1 Å². The molecule has 1 aromatic rings. The second-order valence-electron chi connectivity index (χ2n) is 3.81. The molecule has 19 heavy (non-hydrogen) atoms. The summed E-state index contributed by atoms with van der Waals surface area (Å²) >= 11 is 4.40. The van der Waals surface area contributed by atoms with Gasteiger partial charge >= 0.3 is 88.7 Å². The predicted molar refractivity (Wildman–Crippen MR) is 56.0 cm³/mol. The molecule has 0 spiro atoms. The Morgan fingerprint density at radius 3 is 2.21 bits per heavy atom. The SMILES string of the molecule is O=C([O-])C1c2ccccc2CC1P([O-])([O-])=S.[Na+].[Na+].[Na+]. The first-order valence-electron chi connectivity index (χ1n) is 4.71. The summed E-state index contributed by atoms with van der Waals surface area (Å²) in [4.78, 5) is 33.7. The van der Waals surface area contributed by atoms with Gasteiger partial charge in [-0.1, -0.05) is 24.3 Å². The van der Waals surface area contributed by atoms with Crippen molar-refractivity contribution < 1.29 is 108 Å². The molecule has 86 valence electrons. The van der Waals surface area contributed by atoms with Crippen LogP contribution in [0.5, 0.6) is 0 Å². The molecule has 4 nitrogen and oxygen atoms in total. The van der Waals surface area contributed by atoms with E-state index in [0.29, 0.717) is 5.56 Å². The summed E-state index contributed by atoms with van der Waals surface area (Å²) in [6, 6.07) is 6.75. The van der Waals surface area contributed by atoms with Crippen LogP contribution < -0.4 is 104 Å². The Kier molecular flexibility index (Phi) is 11.7. The van der Waals surface area contributed by atoms with Crippen LogP contribution in [0.3, 0.4) is 0 Å². The van der Waals surface area contributed by atoms with E-state index in [0.717, 1.165) is 5.56 Å². The van der Waals surface area contributed by atoms with Crippen LogP contribution in [0, 0.1) is 0 Å². The zero-order valence-electron chi connectivity index (χ0n) is 11.2. The van der Waals surface area contributed by atoms with E-state index in [4.69, 9.17) is 0 Å². The van der Waals surface area contributed by atoms with Crippen molar-refractivity contribution in [3.05, 3.63) is 35.4 Å². The molecule has 0 saturated heterocycles. The van der Waals surface area contributed by atoms with Gasteiger partial charge in [-0.25, -0.2) is 6.49 Å². The minimum atomic E-state index is -4.09. The first kappa shape index (κ1) is 23.5. The average Bonchev–Trinajstić information content (AvgIpc) is 2.55. The van der Waals surface area contributed by atoms with E-state index < -0.39 is 24.0 Å². The Bertz CT molecular complexity index is 493. The van der Waals surface area contributed by atoms with Gasteiger partial charge in [0.1, 0.15) is 0 Å². The molecule has 0 aliphatic heterocycles. The van der Waals surface area contributed by atoms with Crippen LogP contribution in [0.4, 0.5) is 0 Å². The van der Waals surface area contributed by atoms with Gasteiger partial charge in [-0.05, 0) is 23.2 Å². The fraction of sp³-hybridized carbons (Fsp3) is 0.300. The van der Waals surface area contributed by atoms with E-state index in [1.807, 2.05) is 0 Å². The largest absolute Gasteiger partial charge is 1.00 e. The summed E-state index contributed by atoms with van der Waals surface area (Å²) < 4.78 is 0. The normalized spacial score (nSPS) is 20.3. The number of hydrogen-bond acceptors (Lipinski definition) is 5. The second kappa shape index (κ2) is 9.41. The first-order chi connectivity index (χ1) is 7.41. The molecule has 0 amide bonds. The summed E-state index contributed by atoms with van der Waals surface area (Å²) in [5.41, 5.74) is 0.181. The van der Waals surface area contributed by atoms with E-state index >= 15 is 0 Å². The molecule has 1 aliphatic rings. The molecule has 2 rings (SSSR count). The molecular weight excluding hydrogens is 316 g/mol. The predicted octanol–water partition coefficient (Wildman–Crippen LogP) is -10.5. The molecule has 2 unspecified atom stereocenters. The van der Waals surface area contributed by atoms with Crippen molar-refractivity contribution in [2.75, 3.05) is 0 Å². The minimum Gasteiger partial charge on any atom is -0.832 e. The van der Waals surface area contributed by atoms with Gasteiger partial charge in [0.25, 0.3) is 0 Å². The number of fused-ring (bicyclic) bond motifs is 1. The third-order valence-electron chi connectivity index (χ3n) is 2.86. The fourth-order valence-electron chi connectivity index (χ4n) is 2.15. The molecule has 1 aromatic carbocycles. The van der Waals surface area contributed by atoms with Gasteiger partial charge in [-0.2, -0.15) is 0 Å². The molecule has 9 heteroatoms. The minimum absolute atomic E-state index is 0. The van der Waals surface area contributed by atoms with Crippen LogP contribution in [0.2, 0.25) is 0 Å². The quantitative estimate of drug-likeness (QED) is 0.398. The molecular formula is C10H8Na3O4PS. The Balaban J connectivity index is 0. The van der Waals surface area contributed by atoms with Gasteiger partial charge in [0.05, 0.1) is 0 Å². The third-order valence-corrected chi connectivity index (χ3v) is 4.97. The average molecular weight is 324 g/mol. The summed E-state index contributed by atoms with van der Waals surface area (Å²) in [6.45, 7) is -4.09. The molecule has 0 saturated carbocycles. The zero-order valence-corrected chi connectivity index (χ0v) is 18.9. The Labute approximate surface area is 183 Å². The van der Waals surface area contributed by atoms with E-state index in [1.54, 1.807) is 24.3 Å². The number of carboxylic acids is 1. The molecule has 1 aliphatic carbocycles. The number of carbonyl (C=O) groups excluding carboxylic acids is 1. The molecule has 0 N–H and O–H groups in total. The molecule has 0 fully saturated rings. The van der Waals surface area contributed by atoms with Crippen molar-refractivity contribution in [1.29, 1.82) is 0 Å². The van der Waals surface area contributed by atoms with Crippen molar-refractivity contribution >= 4 is 24.3 Å². The molecule has 0 bridgehead atoms. The third kappa shape index (κ3) is 5.43. The van der Waals surface area contributed by atoms with Gasteiger partial charge in [-0.15, -0.1) is 11.8 Å². The van der Waals surface area contributed by atoms with E-state index in [9.17, 15) is 19.7 Å². The number of carbonyl (C=O) groups is 1. The summed E-state index contributed by atoms with van der Waals surface area (Å²) in [5.74, 6) is -2.51. The topological polar surface area (TPSA) is 86.2 Å². The molecule has 2 atom stereocenters. The van der Waals surface area contributed by atoms with Crippen molar-refractivity contribution in [2.24, 2.45) is 0 Å². The van der Waals surface area contributed by atoms with E-state index in [2.05, 4.69) is 11.8 Å². The Hall–Kier alpha value is 2.26. The number of benzene rings is 1. The van der Waals surface area contributed by atoms with Crippen LogP contribution in [-0.4, -0.2) is 11.6 Å². The molecule has 0 radical (unpaired) electrons. The monoisotopic (exact) mass is 324 g/mol. The van der Waals surface area contributed by atoms with Crippen LogP contribution in [0.25, 0.3) is 0 Å². The summed E-state index contributed by atoms with van der Waals surface area (Å²) in [7, 11) is 0. The maximum atomic E-state index is 11.4. The van der Waals surface area contributed by atoms with E-state index in [1.165, 1.54) is 0 Å². The van der Waals surface area contributed by atoms with Gasteiger partial charge in [0.15, 0.2) is 0 Å². The van der Waals surface area contributed by atoms with Crippen molar-refractivity contribution in [2.45, 2.75) is 18.0 Å². The standard InChI is InChI=1S/C10H11O4PS.3Na/c11-10(12)9-7-4-2-1-3-6(7)5-8(9)15(13,14)16;;;/h1-4,8-9H,5H2,(H,11,12)(H2,13,14,16);;;/q;3*+1/p-3.